The molecule has 0 aromatic carbocycles. The molecule has 0 saturated heterocycles. The number of nitrogens with one attached hydrogen (secondary N) is 2. The summed E-state index contributed by atoms with van der Waals surface area (Å²) in [5.74, 6) is 0. The molecule has 0 amide bonds. The smallest absolute Gasteiger partial charge is 0.0112 e. The summed E-state index contributed by atoms with van der Waals surface area (Å²) in [5.41, 5.74) is 13.8. The van der Waals surface area contributed by atoms with Crippen molar-refractivity contribution in [3.63, 3.8) is 0 Å². The summed E-state index contributed by atoms with van der Waals surface area (Å²) >= 11 is 0. The molecule has 2 radical (unpaired) electrons. The first kappa shape index (κ1) is 9.88. The lowest BCUT2D eigenvalue weighted by atomic mass is 10.3. The Kier molecular flexibility index (Phi) is 6.91. The van der Waals surface area contributed by atoms with Crippen LogP contribution in [0.3, 0.4) is 0 Å². The van der Waals surface area contributed by atoms with Crippen LogP contribution in [0.25, 0.3) is 0 Å². The summed E-state index contributed by atoms with van der Waals surface area (Å²) in [6.07, 6.45) is 1.91. The summed E-state index contributed by atoms with van der Waals surface area (Å²) in [6, 6.07) is 0. The van der Waals surface area contributed by atoms with E-state index in [0.717, 1.165) is 25.9 Å². The fourth-order valence-corrected chi connectivity index (χ4v) is 0.810. The summed E-state index contributed by atoms with van der Waals surface area (Å²) in [5, 5.41) is 0. The Morgan fingerprint density at radius 2 is 1.40 bits per heavy atom. The van der Waals surface area contributed by atoms with Crippen LogP contribution in [0.15, 0.2) is 0 Å². The van der Waals surface area contributed by atoms with Crippen LogP contribution in [-0.2, 0) is 0 Å². The van der Waals surface area contributed by atoms with Crippen molar-refractivity contribution in [3.05, 3.63) is 0 Å². The van der Waals surface area contributed by atoms with Crippen molar-refractivity contribution in [3.8, 4) is 0 Å². The maximum atomic E-state index is 6.91. The van der Waals surface area contributed by atoms with Gasteiger partial charge in [0, 0.05) is 13.1 Å². The molecular weight excluding hydrogens is 126 g/mol. The lowest BCUT2D eigenvalue weighted by Gasteiger charge is -2.14. The van der Waals surface area contributed by atoms with Crippen LogP contribution in [0.2, 0.25) is 0 Å². The molecule has 0 rings (SSSR count). The van der Waals surface area contributed by atoms with E-state index in [1.165, 1.54) is 0 Å². The predicted octanol–water partition coefficient (Wildman–Crippen LogP) is 0.264. The van der Waals surface area contributed by atoms with Gasteiger partial charge in [-0.1, -0.05) is 0 Å². The third kappa shape index (κ3) is 6.01. The van der Waals surface area contributed by atoms with E-state index in [1.807, 2.05) is 7.05 Å². The van der Waals surface area contributed by atoms with E-state index >= 15 is 0 Å². The van der Waals surface area contributed by atoms with Crippen LogP contribution >= 0.6 is 0 Å². The van der Waals surface area contributed by atoms with Gasteiger partial charge in [-0.3, -0.25) is 11.5 Å². The van der Waals surface area contributed by atoms with Gasteiger partial charge < -0.3 is 4.90 Å². The van der Waals surface area contributed by atoms with Crippen molar-refractivity contribution in [1.82, 2.24) is 16.4 Å². The number of hydrogen-bond donors (Lipinski definition) is 0. The zero-order chi connectivity index (χ0) is 7.82. The molecule has 3 heteroatoms. The second kappa shape index (κ2) is 6.99. The lowest BCUT2D eigenvalue weighted by Crippen LogP contribution is -2.22. The predicted molar refractivity (Wildman–Crippen MR) is 42.7 cm³/mol. The molecule has 0 unspecified atom stereocenters. The van der Waals surface area contributed by atoms with Gasteiger partial charge in [-0.2, -0.15) is 0 Å². The van der Waals surface area contributed by atoms with Crippen molar-refractivity contribution >= 4 is 0 Å². The molecule has 0 saturated carbocycles. The molecule has 0 heterocycles. The summed E-state index contributed by atoms with van der Waals surface area (Å²) in [6.45, 7) is 3.05. The first-order chi connectivity index (χ1) is 4.81. The highest BCUT2D eigenvalue weighted by atomic mass is 15.1. The average molecular weight is 143 g/mol. The van der Waals surface area contributed by atoms with Gasteiger partial charge in [0.05, 0.1) is 0 Å². The SMILES string of the molecule is CN(CCC[NH])CCC[NH]. The van der Waals surface area contributed by atoms with Gasteiger partial charge >= 0.3 is 0 Å². The highest BCUT2D eigenvalue weighted by Gasteiger charge is 1.94. The fraction of sp³-hybridized carbons (Fsp3) is 1.00. The van der Waals surface area contributed by atoms with E-state index in [0.29, 0.717) is 13.1 Å². The second-order valence-corrected chi connectivity index (χ2v) is 2.51. The van der Waals surface area contributed by atoms with Gasteiger partial charge in [0.2, 0.25) is 0 Å². The van der Waals surface area contributed by atoms with E-state index in [9.17, 15) is 0 Å². The molecule has 0 atom stereocenters. The fourth-order valence-electron chi connectivity index (χ4n) is 0.810. The number of nitrogens with zero attached hydrogens (tertiary/aromatic N) is 1. The second-order valence-electron chi connectivity index (χ2n) is 2.51. The normalized spacial score (nSPS) is 10.8. The third-order valence-corrected chi connectivity index (χ3v) is 1.43. The molecule has 0 aromatic heterocycles. The maximum absolute atomic E-state index is 6.91. The van der Waals surface area contributed by atoms with E-state index in [-0.39, 0.29) is 0 Å². The molecule has 0 spiro atoms. The molecule has 60 valence electrons. The summed E-state index contributed by atoms with van der Waals surface area (Å²) in [4.78, 5) is 2.18. The summed E-state index contributed by atoms with van der Waals surface area (Å²) in [7, 11) is 2.05. The standard InChI is InChI=1S/C7H17N3/c1-10(6-2-4-8)7-3-5-9/h8-9H,2-7H2,1H3. The maximum Gasteiger partial charge on any atom is 0.0112 e. The van der Waals surface area contributed by atoms with Crippen LogP contribution < -0.4 is 11.5 Å². The van der Waals surface area contributed by atoms with Gasteiger partial charge in [-0.15, -0.1) is 0 Å². The molecular formula is C7H17N3. The molecule has 0 aliphatic carbocycles. The van der Waals surface area contributed by atoms with Crippen molar-refractivity contribution in [2.24, 2.45) is 0 Å². The van der Waals surface area contributed by atoms with Gasteiger partial charge in [0.25, 0.3) is 0 Å². The highest BCUT2D eigenvalue weighted by Crippen LogP contribution is 1.87. The van der Waals surface area contributed by atoms with Gasteiger partial charge in [-0.25, -0.2) is 0 Å². The Labute approximate surface area is 63.4 Å². The average Bonchev–Trinajstić information content (AvgIpc) is 1.97. The lowest BCUT2D eigenvalue weighted by molar-refractivity contribution is 0.328. The molecule has 0 aliphatic rings. The van der Waals surface area contributed by atoms with Crippen LogP contribution in [0.5, 0.6) is 0 Å². The third-order valence-electron chi connectivity index (χ3n) is 1.43. The zero-order valence-corrected chi connectivity index (χ0v) is 6.69. The summed E-state index contributed by atoms with van der Waals surface area (Å²) < 4.78 is 0. The Morgan fingerprint density at radius 1 is 1.00 bits per heavy atom. The van der Waals surface area contributed by atoms with Gasteiger partial charge in [-0.05, 0) is 33.0 Å². The molecule has 0 aliphatic heterocycles. The Balaban J connectivity index is 3.00. The van der Waals surface area contributed by atoms with Crippen LogP contribution in [0.4, 0.5) is 0 Å². The van der Waals surface area contributed by atoms with E-state index in [1.54, 1.807) is 0 Å². The highest BCUT2D eigenvalue weighted by molar-refractivity contribution is 4.51. The minimum absolute atomic E-state index is 0.519. The van der Waals surface area contributed by atoms with Gasteiger partial charge in [0.15, 0.2) is 0 Å². The quantitative estimate of drug-likeness (QED) is 0.526. The molecule has 0 fully saturated rings. The molecule has 3 nitrogen and oxygen atoms in total. The van der Waals surface area contributed by atoms with Gasteiger partial charge in [0.1, 0.15) is 0 Å². The topological polar surface area (TPSA) is 50.8 Å². The molecule has 10 heavy (non-hydrogen) atoms. The Morgan fingerprint density at radius 3 is 1.70 bits per heavy atom. The molecule has 2 N–H and O–H groups in total. The van der Waals surface area contributed by atoms with Crippen LogP contribution in [-0.4, -0.2) is 38.1 Å². The minimum atomic E-state index is 0.519. The van der Waals surface area contributed by atoms with Crippen molar-refractivity contribution in [2.75, 3.05) is 33.2 Å². The monoisotopic (exact) mass is 143 g/mol. The van der Waals surface area contributed by atoms with E-state index in [2.05, 4.69) is 4.90 Å². The number of hydrogen-bond acceptors (Lipinski definition) is 1. The zero-order valence-electron chi connectivity index (χ0n) is 6.69. The first-order valence-corrected chi connectivity index (χ1v) is 3.79. The van der Waals surface area contributed by atoms with Crippen molar-refractivity contribution in [2.45, 2.75) is 12.8 Å². The van der Waals surface area contributed by atoms with Crippen LogP contribution in [0, 0.1) is 0 Å². The Bertz CT molecular complexity index is 57.9. The van der Waals surface area contributed by atoms with Crippen molar-refractivity contribution < 1.29 is 0 Å². The molecule has 0 aromatic rings. The Hall–Kier alpha value is -0.120. The minimum Gasteiger partial charge on any atom is -0.306 e. The first-order valence-electron chi connectivity index (χ1n) is 3.79. The van der Waals surface area contributed by atoms with Crippen LogP contribution in [0.1, 0.15) is 12.8 Å². The van der Waals surface area contributed by atoms with E-state index in [4.69, 9.17) is 11.5 Å². The largest absolute Gasteiger partial charge is 0.306 e. The van der Waals surface area contributed by atoms with E-state index < -0.39 is 0 Å². The molecule has 0 bridgehead atoms. The number of rotatable bonds is 6. The van der Waals surface area contributed by atoms with Crippen molar-refractivity contribution in [1.29, 1.82) is 0 Å².